The van der Waals surface area contributed by atoms with E-state index in [2.05, 4.69) is 5.32 Å². The molecule has 0 saturated heterocycles. The second-order valence-electron chi connectivity index (χ2n) is 8.38. The highest BCUT2D eigenvalue weighted by atomic mass is 19.1. The van der Waals surface area contributed by atoms with E-state index in [1.165, 1.54) is 19.2 Å². The van der Waals surface area contributed by atoms with Crippen LogP contribution < -0.4 is 10.8 Å². The molecule has 0 heterocycles. The standard InChI is InChI=1S/C28H30F2N2O4/c1-36-28(22-10-5-7-12-24(22)29,23-11-6-8-13-25(23)30)21-17-15-20(16-18-21)27(34)31-19-9-3-2-4-14-26(33)32-35/h5-8,10-13,15-18,35H,2-4,9,14,19H2,1H3,(H,31,34)(H,32,33). The van der Waals surface area contributed by atoms with Crippen molar-refractivity contribution in [3.8, 4) is 0 Å². The lowest BCUT2D eigenvalue weighted by atomic mass is 9.79. The molecule has 0 unspecified atom stereocenters. The lowest BCUT2D eigenvalue weighted by Crippen LogP contribution is -2.34. The van der Waals surface area contributed by atoms with Crippen LogP contribution in [0.4, 0.5) is 8.78 Å². The molecular formula is C28H30F2N2O4. The van der Waals surface area contributed by atoms with Crippen LogP contribution in [0.1, 0.15) is 59.2 Å². The van der Waals surface area contributed by atoms with Gasteiger partial charge in [-0.1, -0.05) is 61.4 Å². The monoisotopic (exact) mass is 496 g/mol. The van der Waals surface area contributed by atoms with Gasteiger partial charge in [0.05, 0.1) is 0 Å². The van der Waals surface area contributed by atoms with Crippen LogP contribution in [0.2, 0.25) is 0 Å². The van der Waals surface area contributed by atoms with Crippen molar-refractivity contribution in [3.63, 3.8) is 0 Å². The molecule has 3 N–H and O–H groups in total. The van der Waals surface area contributed by atoms with E-state index in [1.807, 2.05) is 0 Å². The average molecular weight is 497 g/mol. The van der Waals surface area contributed by atoms with Crippen molar-refractivity contribution in [2.24, 2.45) is 0 Å². The Hall–Kier alpha value is -3.62. The number of hydrogen-bond donors (Lipinski definition) is 3. The van der Waals surface area contributed by atoms with Gasteiger partial charge in [-0.3, -0.25) is 14.8 Å². The number of carbonyl (C=O) groups excluding carboxylic acids is 2. The maximum atomic E-state index is 15.0. The molecule has 36 heavy (non-hydrogen) atoms. The minimum absolute atomic E-state index is 0.159. The zero-order valence-electron chi connectivity index (χ0n) is 20.1. The van der Waals surface area contributed by atoms with Crippen LogP contribution in [-0.2, 0) is 15.1 Å². The van der Waals surface area contributed by atoms with Gasteiger partial charge in [0.2, 0.25) is 5.91 Å². The van der Waals surface area contributed by atoms with Gasteiger partial charge < -0.3 is 10.1 Å². The Balaban J connectivity index is 1.75. The topological polar surface area (TPSA) is 87.7 Å². The number of rotatable bonds is 12. The summed E-state index contributed by atoms with van der Waals surface area (Å²) < 4.78 is 35.9. The van der Waals surface area contributed by atoms with Gasteiger partial charge in [-0.2, -0.15) is 0 Å². The Kier molecular flexibility index (Phi) is 9.67. The Labute approximate surface area is 209 Å². The zero-order chi connectivity index (χ0) is 26.0. The minimum atomic E-state index is -1.56. The van der Waals surface area contributed by atoms with Gasteiger partial charge in [0.15, 0.2) is 0 Å². The molecule has 2 amide bonds. The second-order valence-corrected chi connectivity index (χ2v) is 8.38. The molecule has 0 aliphatic rings. The molecule has 8 heteroatoms. The second kappa shape index (κ2) is 12.9. The molecule has 0 bridgehead atoms. The van der Waals surface area contributed by atoms with Gasteiger partial charge in [0.1, 0.15) is 17.2 Å². The summed E-state index contributed by atoms with van der Waals surface area (Å²) in [6.45, 7) is 0.471. The first-order chi connectivity index (χ1) is 17.4. The summed E-state index contributed by atoms with van der Waals surface area (Å²) in [4.78, 5) is 23.6. The predicted octanol–water partition coefficient (Wildman–Crippen LogP) is 5.09. The highest BCUT2D eigenvalue weighted by Crippen LogP contribution is 2.42. The van der Waals surface area contributed by atoms with Crippen LogP contribution >= 0.6 is 0 Å². The molecule has 0 fully saturated rings. The van der Waals surface area contributed by atoms with Crippen LogP contribution in [0.5, 0.6) is 0 Å². The average Bonchev–Trinajstić information content (AvgIpc) is 2.90. The van der Waals surface area contributed by atoms with Crippen LogP contribution in [-0.4, -0.2) is 30.7 Å². The molecule has 0 atom stereocenters. The molecule has 0 aliphatic carbocycles. The molecule has 190 valence electrons. The predicted molar refractivity (Wildman–Crippen MR) is 131 cm³/mol. The molecule has 0 saturated carbocycles. The number of benzene rings is 3. The number of carbonyl (C=O) groups is 2. The quantitative estimate of drug-likeness (QED) is 0.141. The Morgan fingerprint density at radius 2 is 1.39 bits per heavy atom. The number of amides is 2. The van der Waals surface area contributed by atoms with Gasteiger partial charge in [0.25, 0.3) is 5.91 Å². The molecule has 3 aromatic carbocycles. The fourth-order valence-electron chi connectivity index (χ4n) is 4.27. The number of ether oxygens (including phenoxy) is 1. The molecule has 0 aliphatic heterocycles. The summed E-state index contributed by atoms with van der Waals surface area (Å²) in [6.07, 6.45) is 3.31. The van der Waals surface area contributed by atoms with E-state index in [4.69, 9.17) is 9.94 Å². The third-order valence-corrected chi connectivity index (χ3v) is 6.11. The molecule has 3 rings (SSSR count). The van der Waals surface area contributed by atoms with Crippen molar-refractivity contribution >= 4 is 11.8 Å². The van der Waals surface area contributed by atoms with Crippen LogP contribution in [0.3, 0.4) is 0 Å². The first-order valence-electron chi connectivity index (χ1n) is 11.8. The number of hydroxylamine groups is 1. The summed E-state index contributed by atoms with van der Waals surface area (Å²) in [5, 5.41) is 11.3. The van der Waals surface area contributed by atoms with Crippen molar-refractivity contribution in [1.82, 2.24) is 10.8 Å². The lowest BCUT2D eigenvalue weighted by Gasteiger charge is -2.34. The lowest BCUT2D eigenvalue weighted by molar-refractivity contribution is -0.129. The Bertz CT molecular complexity index is 1120. The maximum absolute atomic E-state index is 15.0. The molecule has 0 spiro atoms. The van der Waals surface area contributed by atoms with E-state index in [-0.39, 0.29) is 23.5 Å². The maximum Gasteiger partial charge on any atom is 0.251 e. The summed E-state index contributed by atoms with van der Waals surface area (Å²) in [5.41, 5.74) is 1.24. The van der Waals surface area contributed by atoms with E-state index in [9.17, 15) is 18.4 Å². The fraction of sp³-hybridized carbons (Fsp3) is 0.286. The minimum Gasteiger partial charge on any atom is -0.364 e. The largest absolute Gasteiger partial charge is 0.364 e. The van der Waals surface area contributed by atoms with Crippen molar-refractivity contribution < 1.29 is 28.3 Å². The van der Waals surface area contributed by atoms with E-state index in [1.54, 1.807) is 66.1 Å². The van der Waals surface area contributed by atoms with E-state index >= 15 is 0 Å². The molecule has 0 aromatic heterocycles. The molecule has 0 radical (unpaired) electrons. The molecule has 6 nitrogen and oxygen atoms in total. The van der Waals surface area contributed by atoms with Gasteiger partial charge >= 0.3 is 0 Å². The Morgan fingerprint density at radius 1 is 0.833 bits per heavy atom. The normalized spacial score (nSPS) is 11.2. The summed E-state index contributed by atoms with van der Waals surface area (Å²) >= 11 is 0. The third kappa shape index (κ3) is 6.13. The first-order valence-corrected chi connectivity index (χ1v) is 11.8. The Morgan fingerprint density at radius 3 is 1.92 bits per heavy atom. The van der Waals surface area contributed by atoms with E-state index < -0.39 is 23.1 Å². The van der Waals surface area contributed by atoms with Crippen LogP contribution in [0, 0.1) is 11.6 Å². The van der Waals surface area contributed by atoms with E-state index in [0.717, 1.165) is 19.3 Å². The smallest absolute Gasteiger partial charge is 0.251 e. The van der Waals surface area contributed by atoms with Crippen molar-refractivity contribution in [1.29, 1.82) is 0 Å². The van der Waals surface area contributed by atoms with Crippen molar-refractivity contribution in [2.75, 3.05) is 13.7 Å². The van der Waals surface area contributed by atoms with Crippen molar-refractivity contribution in [3.05, 3.63) is 107 Å². The molecule has 3 aromatic rings. The highest BCUT2D eigenvalue weighted by Gasteiger charge is 2.40. The SMILES string of the molecule is COC(c1ccc(C(=O)NCCCCCCC(=O)NO)cc1)(c1ccccc1F)c1ccccc1F. The van der Waals surface area contributed by atoms with Crippen molar-refractivity contribution in [2.45, 2.75) is 37.7 Å². The van der Waals surface area contributed by atoms with E-state index in [0.29, 0.717) is 24.1 Å². The van der Waals surface area contributed by atoms with Crippen LogP contribution in [0.15, 0.2) is 72.8 Å². The molecular weight excluding hydrogens is 466 g/mol. The third-order valence-electron chi connectivity index (χ3n) is 6.11. The number of methoxy groups -OCH3 is 1. The summed E-state index contributed by atoms with van der Waals surface area (Å²) in [6, 6.07) is 18.6. The number of unbranched alkanes of at least 4 members (excludes halogenated alkanes) is 3. The number of halogens is 2. The highest BCUT2D eigenvalue weighted by molar-refractivity contribution is 5.94. The number of hydrogen-bond acceptors (Lipinski definition) is 4. The first kappa shape index (κ1) is 27.0. The van der Waals surface area contributed by atoms with Gasteiger partial charge in [-0.15, -0.1) is 0 Å². The van der Waals surface area contributed by atoms with Crippen LogP contribution in [0.25, 0.3) is 0 Å². The number of nitrogens with one attached hydrogen (secondary N) is 2. The van der Waals surface area contributed by atoms with Gasteiger partial charge in [-0.05, 0) is 42.7 Å². The van der Waals surface area contributed by atoms with Gasteiger partial charge in [-0.25, -0.2) is 14.3 Å². The summed E-state index contributed by atoms with van der Waals surface area (Å²) in [7, 11) is 1.40. The van der Waals surface area contributed by atoms with Gasteiger partial charge in [0, 0.05) is 36.8 Å². The fourth-order valence-corrected chi connectivity index (χ4v) is 4.27. The zero-order valence-corrected chi connectivity index (χ0v) is 20.1. The summed E-state index contributed by atoms with van der Waals surface area (Å²) in [5.74, 6) is -1.75.